The van der Waals surface area contributed by atoms with Gasteiger partial charge in [-0.3, -0.25) is 14.6 Å². The fourth-order valence-electron chi connectivity index (χ4n) is 3.96. The van der Waals surface area contributed by atoms with Crippen LogP contribution in [0.1, 0.15) is 5.56 Å². The minimum atomic E-state index is -0.0625. The number of fused-ring (bicyclic) bond motifs is 1. The molecule has 1 saturated heterocycles. The van der Waals surface area contributed by atoms with E-state index in [4.69, 9.17) is 9.47 Å². The number of carbonyl (C=O) groups is 1. The Morgan fingerprint density at radius 3 is 2.58 bits per heavy atom. The van der Waals surface area contributed by atoms with Gasteiger partial charge in [0, 0.05) is 31.9 Å². The Bertz CT molecular complexity index is 1030. The van der Waals surface area contributed by atoms with Gasteiger partial charge in [-0.1, -0.05) is 36.0 Å². The number of anilines is 1. The summed E-state index contributed by atoms with van der Waals surface area (Å²) in [6.45, 7) is 4.48. The van der Waals surface area contributed by atoms with Gasteiger partial charge in [0.05, 0.1) is 6.67 Å². The summed E-state index contributed by atoms with van der Waals surface area (Å²) in [5.74, 6) is 1.36. The monoisotopic (exact) mass is 436 g/mol. The van der Waals surface area contributed by atoms with Crippen LogP contribution in [0.3, 0.4) is 0 Å². The highest BCUT2D eigenvalue weighted by molar-refractivity contribution is 8.13. The summed E-state index contributed by atoms with van der Waals surface area (Å²) >= 11 is 1.50. The summed E-state index contributed by atoms with van der Waals surface area (Å²) in [5.41, 5.74) is 2.57. The number of carbonyl (C=O) groups excluding carboxylic acids is 1. The molecule has 7 nitrogen and oxygen atoms in total. The minimum Gasteiger partial charge on any atom is -0.454 e. The Hall–Kier alpha value is -2.97. The highest BCUT2D eigenvalue weighted by Crippen LogP contribution is 2.33. The first-order valence-corrected chi connectivity index (χ1v) is 11.5. The molecule has 2 aromatic carbocycles. The van der Waals surface area contributed by atoms with Crippen molar-refractivity contribution in [2.24, 2.45) is 4.99 Å². The fraction of sp³-hybridized carbons (Fsp3) is 0.304. The lowest BCUT2D eigenvalue weighted by Gasteiger charge is -2.37. The van der Waals surface area contributed by atoms with Crippen LogP contribution in [0.15, 0.2) is 59.2 Å². The number of rotatable bonds is 4. The van der Waals surface area contributed by atoms with Crippen LogP contribution in [0.2, 0.25) is 0 Å². The molecule has 0 atom stereocenters. The van der Waals surface area contributed by atoms with Crippen molar-refractivity contribution in [3.8, 4) is 11.5 Å². The third kappa shape index (κ3) is 4.13. The third-order valence-electron chi connectivity index (χ3n) is 5.63. The Kier molecular flexibility index (Phi) is 5.57. The molecule has 8 heteroatoms. The van der Waals surface area contributed by atoms with E-state index in [-0.39, 0.29) is 12.7 Å². The number of hydrogen-bond donors (Lipinski definition) is 0. The van der Waals surface area contributed by atoms with E-state index in [1.165, 1.54) is 17.4 Å². The molecule has 31 heavy (non-hydrogen) atoms. The summed E-state index contributed by atoms with van der Waals surface area (Å²) in [4.78, 5) is 24.2. The zero-order valence-corrected chi connectivity index (χ0v) is 18.2. The molecule has 0 radical (unpaired) electrons. The fourth-order valence-corrected chi connectivity index (χ4v) is 4.51. The second-order valence-electron chi connectivity index (χ2n) is 7.56. The Morgan fingerprint density at radius 1 is 1.03 bits per heavy atom. The molecule has 1 fully saturated rings. The first-order valence-electron chi connectivity index (χ1n) is 10.3. The molecule has 0 N–H and O–H groups in total. The largest absolute Gasteiger partial charge is 0.454 e. The van der Waals surface area contributed by atoms with Gasteiger partial charge >= 0.3 is 0 Å². The van der Waals surface area contributed by atoms with Gasteiger partial charge in [-0.25, -0.2) is 4.99 Å². The second-order valence-corrected chi connectivity index (χ2v) is 8.33. The molecule has 5 rings (SSSR count). The number of ether oxygens (including phenoxy) is 2. The van der Waals surface area contributed by atoms with E-state index in [1.807, 2.05) is 36.6 Å². The van der Waals surface area contributed by atoms with Gasteiger partial charge in [0.1, 0.15) is 5.70 Å². The molecule has 3 aliphatic rings. The lowest BCUT2D eigenvalue weighted by molar-refractivity contribution is -0.124. The van der Waals surface area contributed by atoms with Crippen molar-refractivity contribution in [2.75, 3.05) is 50.8 Å². The topological polar surface area (TPSA) is 57.6 Å². The molecule has 0 aromatic heterocycles. The van der Waals surface area contributed by atoms with E-state index < -0.39 is 0 Å². The molecule has 3 heterocycles. The van der Waals surface area contributed by atoms with Crippen molar-refractivity contribution in [1.82, 2.24) is 9.80 Å². The number of para-hydroxylation sites is 1. The van der Waals surface area contributed by atoms with Gasteiger partial charge in [0.2, 0.25) is 6.79 Å². The number of piperazine rings is 1. The van der Waals surface area contributed by atoms with E-state index in [9.17, 15) is 4.79 Å². The van der Waals surface area contributed by atoms with Crippen LogP contribution in [0.5, 0.6) is 11.5 Å². The number of hydrogen-bond acceptors (Lipinski definition) is 7. The predicted molar refractivity (Wildman–Crippen MR) is 123 cm³/mol. The maximum absolute atomic E-state index is 13.1. The predicted octanol–water partition coefficient (Wildman–Crippen LogP) is 3.10. The molecule has 0 saturated carbocycles. The Balaban J connectivity index is 1.25. The molecule has 0 aliphatic carbocycles. The zero-order valence-electron chi connectivity index (χ0n) is 17.4. The molecule has 0 spiro atoms. The summed E-state index contributed by atoms with van der Waals surface area (Å²) in [7, 11) is 0. The molecular weight excluding hydrogens is 412 g/mol. The number of aliphatic imine (C=N–C) groups is 1. The van der Waals surface area contributed by atoms with Crippen LogP contribution in [0, 0.1) is 0 Å². The van der Waals surface area contributed by atoms with Crippen LogP contribution in [0.4, 0.5) is 5.69 Å². The number of nitrogens with zero attached hydrogens (tertiary/aromatic N) is 4. The normalized spacial score (nSPS) is 20.0. The summed E-state index contributed by atoms with van der Waals surface area (Å²) in [5, 5.41) is 0.738. The minimum absolute atomic E-state index is 0.0625. The molecule has 0 bridgehead atoms. The summed E-state index contributed by atoms with van der Waals surface area (Å²) in [6.07, 6.45) is 3.77. The van der Waals surface area contributed by atoms with Crippen LogP contribution in [0.25, 0.3) is 6.08 Å². The highest BCUT2D eigenvalue weighted by atomic mass is 32.2. The second kappa shape index (κ2) is 8.64. The van der Waals surface area contributed by atoms with E-state index in [1.54, 1.807) is 4.90 Å². The molecule has 160 valence electrons. The van der Waals surface area contributed by atoms with Crippen molar-refractivity contribution in [1.29, 1.82) is 0 Å². The smallest absolute Gasteiger partial charge is 0.279 e. The zero-order chi connectivity index (χ0) is 21.2. The number of thioether (sulfide) groups is 1. The van der Waals surface area contributed by atoms with Crippen molar-refractivity contribution in [2.45, 2.75) is 0 Å². The van der Waals surface area contributed by atoms with Crippen molar-refractivity contribution >= 4 is 34.6 Å². The van der Waals surface area contributed by atoms with Gasteiger partial charge < -0.3 is 14.4 Å². The van der Waals surface area contributed by atoms with E-state index in [0.29, 0.717) is 18.1 Å². The van der Waals surface area contributed by atoms with E-state index in [0.717, 1.165) is 42.7 Å². The molecule has 0 unspecified atom stereocenters. The first kappa shape index (κ1) is 20.0. The van der Waals surface area contributed by atoms with Crippen LogP contribution in [-0.2, 0) is 4.79 Å². The lowest BCUT2D eigenvalue weighted by atomic mass is 10.1. The number of benzene rings is 2. The van der Waals surface area contributed by atoms with Crippen LogP contribution in [-0.4, -0.2) is 66.8 Å². The van der Waals surface area contributed by atoms with E-state index in [2.05, 4.69) is 39.1 Å². The molecule has 1 amide bonds. The van der Waals surface area contributed by atoms with Crippen LogP contribution < -0.4 is 14.4 Å². The molecular formula is C23H24N4O3S. The number of amides is 1. The van der Waals surface area contributed by atoms with Crippen molar-refractivity contribution in [3.05, 3.63) is 59.8 Å². The third-order valence-corrected chi connectivity index (χ3v) is 6.31. The van der Waals surface area contributed by atoms with Gasteiger partial charge in [-0.05, 0) is 42.2 Å². The average Bonchev–Trinajstić information content (AvgIpc) is 3.40. The average molecular weight is 437 g/mol. The number of amidine groups is 1. The van der Waals surface area contributed by atoms with Crippen molar-refractivity contribution in [3.63, 3.8) is 0 Å². The molecule has 3 aliphatic heterocycles. The Labute approximate surface area is 185 Å². The van der Waals surface area contributed by atoms with Gasteiger partial charge in [-0.15, -0.1) is 0 Å². The van der Waals surface area contributed by atoms with Gasteiger partial charge in [0.25, 0.3) is 5.91 Å². The lowest BCUT2D eigenvalue weighted by Crippen LogP contribution is -2.51. The first-order chi connectivity index (χ1) is 15.2. The molecule has 2 aromatic rings. The SMILES string of the molecule is CSC1=NC(=Cc2ccc3c(c2)OCO3)C(=O)N1CN1CCN(c2ccccc2)CC1. The quantitative estimate of drug-likeness (QED) is 0.687. The van der Waals surface area contributed by atoms with Gasteiger partial charge in [-0.2, -0.15) is 0 Å². The highest BCUT2D eigenvalue weighted by Gasteiger charge is 2.32. The maximum Gasteiger partial charge on any atom is 0.279 e. The summed E-state index contributed by atoms with van der Waals surface area (Å²) in [6, 6.07) is 16.1. The van der Waals surface area contributed by atoms with E-state index >= 15 is 0 Å². The van der Waals surface area contributed by atoms with Gasteiger partial charge in [0.15, 0.2) is 16.7 Å². The maximum atomic E-state index is 13.1. The van der Waals surface area contributed by atoms with Crippen LogP contribution >= 0.6 is 11.8 Å². The summed E-state index contributed by atoms with van der Waals surface area (Å²) < 4.78 is 10.8. The standard InChI is InChI=1S/C23H24N4O3S/c1-31-23-24-19(13-17-7-8-20-21(14-17)30-16-29-20)22(28)27(23)15-25-9-11-26(12-10-25)18-5-3-2-4-6-18/h2-8,13-14H,9-12,15-16H2,1H3. The Morgan fingerprint density at radius 2 is 1.81 bits per heavy atom. The van der Waals surface area contributed by atoms with Crippen molar-refractivity contribution < 1.29 is 14.3 Å².